The van der Waals surface area contributed by atoms with Crippen molar-refractivity contribution in [2.24, 2.45) is 0 Å². The molecule has 3 N–H and O–H groups in total. The second-order valence-corrected chi connectivity index (χ2v) is 4.06. The van der Waals surface area contributed by atoms with E-state index in [1.54, 1.807) is 24.3 Å². The van der Waals surface area contributed by atoms with Crippen molar-refractivity contribution in [2.45, 2.75) is 6.23 Å². The van der Waals surface area contributed by atoms with E-state index in [0.717, 1.165) is 5.56 Å². The maximum absolute atomic E-state index is 9.91. The van der Waals surface area contributed by atoms with Gasteiger partial charge in [0.15, 0.2) is 6.23 Å². The minimum Gasteiger partial charge on any atom is -0.506 e. The van der Waals surface area contributed by atoms with Gasteiger partial charge in [0.1, 0.15) is 5.75 Å². The first-order valence-corrected chi connectivity index (χ1v) is 5.52. The highest BCUT2D eigenvalue weighted by Gasteiger charge is 2.09. The van der Waals surface area contributed by atoms with Crippen LogP contribution < -0.4 is 5.32 Å². The van der Waals surface area contributed by atoms with Crippen LogP contribution in [0.15, 0.2) is 48.5 Å². The van der Waals surface area contributed by atoms with Crippen LogP contribution in [0.2, 0.25) is 5.02 Å². The van der Waals surface area contributed by atoms with Gasteiger partial charge >= 0.3 is 0 Å². The summed E-state index contributed by atoms with van der Waals surface area (Å²) in [4.78, 5) is 0. The number of aliphatic hydroxyl groups is 1. The standard InChI is InChI=1S/C13H12ClNO2/c14-10-6-7-11(12(16)8-10)15-13(17)9-4-2-1-3-5-9/h1-8,13,15-17H. The predicted molar refractivity (Wildman–Crippen MR) is 68.1 cm³/mol. The van der Waals surface area contributed by atoms with E-state index in [2.05, 4.69) is 5.32 Å². The molecule has 0 radical (unpaired) electrons. The number of benzene rings is 2. The number of hydrogen-bond acceptors (Lipinski definition) is 3. The van der Waals surface area contributed by atoms with Gasteiger partial charge in [0.2, 0.25) is 0 Å². The Hall–Kier alpha value is -1.71. The van der Waals surface area contributed by atoms with Crippen LogP contribution in [-0.4, -0.2) is 10.2 Å². The third-order valence-electron chi connectivity index (χ3n) is 2.37. The van der Waals surface area contributed by atoms with Crippen LogP contribution >= 0.6 is 11.6 Å². The Morgan fingerprint density at radius 2 is 1.76 bits per heavy atom. The molecule has 2 aromatic rings. The molecule has 0 aromatic heterocycles. The highest BCUT2D eigenvalue weighted by Crippen LogP contribution is 2.29. The maximum Gasteiger partial charge on any atom is 0.150 e. The zero-order valence-corrected chi connectivity index (χ0v) is 9.72. The Labute approximate surface area is 104 Å². The first kappa shape index (κ1) is 11.8. The smallest absolute Gasteiger partial charge is 0.150 e. The second kappa shape index (κ2) is 5.08. The average Bonchev–Trinajstić information content (AvgIpc) is 2.34. The van der Waals surface area contributed by atoms with Gasteiger partial charge in [-0.1, -0.05) is 41.9 Å². The number of nitrogens with one attached hydrogen (secondary N) is 1. The van der Waals surface area contributed by atoms with Gasteiger partial charge in [0, 0.05) is 16.7 Å². The molecule has 4 heteroatoms. The van der Waals surface area contributed by atoms with Crippen molar-refractivity contribution in [2.75, 3.05) is 5.32 Å². The molecule has 0 spiro atoms. The normalized spacial score (nSPS) is 12.1. The van der Waals surface area contributed by atoms with E-state index in [9.17, 15) is 10.2 Å². The van der Waals surface area contributed by atoms with Crippen molar-refractivity contribution < 1.29 is 10.2 Å². The Morgan fingerprint density at radius 3 is 2.41 bits per heavy atom. The molecule has 88 valence electrons. The van der Waals surface area contributed by atoms with Gasteiger partial charge < -0.3 is 15.5 Å². The summed E-state index contributed by atoms with van der Waals surface area (Å²) < 4.78 is 0. The van der Waals surface area contributed by atoms with Gasteiger partial charge in [-0.15, -0.1) is 0 Å². The van der Waals surface area contributed by atoms with Crippen molar-refractivity contribution in [1.82, 2.24) is 0 Å². The van der Waals surface area contributed by atoms with Gasteiger partial charge in [-0.2, -0.15) is 0 Å². The number of phenolic OH excluding ortho intramolecular Hbond substituents is 1. The first-order chi connectivity index (χ1) is 8.16. The highest BCUT2D eigenvalue weighted by molar-refractivity contribution is 6.30. The minimum atomic E-state index is -0.872. The lowest BCUT2D eigenvalue weighted by molar-refractivity contribution is 0.207. The van der Waals surface area contributed by atoms with Gasteiger partial charge in [0.05, 0.1) is 5.69 Å². The number of aliphatic hydroxyl groups excluding tert-OH is 1. The van der Waals surface area contributed by atoms with E-state index in [0.29, 0.717) is 10.7 Å². The highest BCUT2D eigenvalue weighted by atomic mass is 35.5. The lowest BCUT2D eigenvalue weighted by Crippen LogP contribution is -2.09. The topological polar surface area (TPSA) is 52.5 Å². The second-order valence-electron chi connectivity index (χ2n) is 3.62. The van der Waals surface area contributed by atoms with E-state index in [-0.39, 0.29) is 5.75 Å². The average molecular weight is 250 g/mol. The molecule has 0 heterocycles. The molecule has 0 aliphatic rings. The molecule has 3 nitrogen and oxygen atoms in total. The SMILES string of the molecule is Oc1cc(Cl)ccc1NC(O)c1ccccc1. The summed E-state index contributed by atoms with van der Waals surface area (Å²) >= 11 is 5.72. The molecule has 2 rings (SSSR count). The number of aromatic hydroxyl groups is 1. The van der Waals surface area contributed by atoms with Crippen LogP contribution in [0.25, 0.3) is 0 Å². The molecule has 0 saturated heterocycles. The number of anilines is 1. The van der Waals surface area contributed by atoms with Gasteiger partial charge in [0.25, 0.3) is 0 Å². The third kappa shape index (κ3) is 2.90. The molecule has 0 bridgehead atoms. The van der Waals surface area contributed by atoms with E-state index in [1.807, 2.05) is 18.2 Å². The van der Waals surface area contributed by atoms with Crippen molar-refractivity contribution in [3.63, 3.8) is 0 Å². The summed E-state index contributed by atoms with van der Waals surface area (Å²) in [5, 5.41) is 22.8. The van der Waals surface area contributed by atoms with Gasteiger partial charge in [-0.05, 0) is 12.1 Å². The molecule has 1 atom stereocenters. The molecule has 2 aromatic carbocycles. The number of halogens is 1. The Morgan fingerprint density at radius 1 is 1.06 bits per heavy atom. The van der Waals surface area contributed by atoms with E-state index in [4.69, 9.17) is 11.6 Å². The molecule has 0 aliphatic heterocycles. The van der Waals surface area contributed by atoms with Crippen LogP contribution in [0.3, 0.4) is 0 Å². The summed E-state index contributed by atoms with van der Waals surface area (Å²) in [5.74, 6) is 0.00693. The van der Waals surface area contributed by atoms with Crippen molar-refractivity contribution in [1.29, 1.82) is 0 Å². The molecule has 17 heavy (non-hydrogen) atoms. The van der Waals surface area contributed by atoms with Crippen LogP contribution in [0, 0.1) is 0 Å². The third-order valence-corrected chi connectivity index (χ3v) is 2.60. The summed E-state index contributed by atoms with van der Waals surface area (Å²) in [5.41, 5.74) is 1.16. The van der Waals surface area contributed by atoms with Crippen molar-refractivity contribution >= 4 is 17.3 Å². The van der Waals surface area contributed by atoms with Crippen molar-refractivity contribution in [3.8, 4) is 5.75 Å². The maximum atomic E-state index is 9.91. The summed E-state index contributed by atoms with van der Waals surface area (Å²) in [6.45, 7) is 0. The van der Waals surface area contributed by atoms with E-state index >= 15 is 0 Å². The molecule has 0 aliphatic carbocycles. The fourth-order valence-electron chi connectivity index (χ4n) is 1.49. The minimum absolute atomic E-state index is 0.00693. The van der Waals surface area contributed by atoms with Crippen LogP contribution in [-0.2, 0) is 0 Å². The fourth-order valence-corrected chi connectivity index (χ4v) is 1.66. The lowest BCUT2D eigenvalue weighted by Gasteiger charge is -2.15. The first-order valence-electron chi connectivity index (χ1n) is 5.15. The molecule has 0 fully saturated rings. The summed E-state index contributed by atoms with van der Waals surface area (Å²) in [6.07, 6.45) is -0.872. The van der Waals surface area contributed by atoms with Crippen LogP contribution in [0.1, 0.15) is 11.8 Å². The van der Waals surface area contributed by atoms with Crippen molar-refractivity contribution in [3.05, 3.63) is 59.1 Å². The summed E-state index contributed by atoms with van der Waals surface area (Å²) in [6, 6.07) is 13.8. The van der Waals surface area contributed by atoms with E-state index in [1.165, 1.54) is 6.07 Å². The molecule has 0 saturated carbocycles. The number of phenols is 1. The molecule has 0 amide bonds. The van der Waals surface area contributed by atoms with Crippen LogP contribution in [0.5, 0.6) is 5.75 Å². The zero-order valence-electron chi connectivity index (χ0n) is 8.97. The lowest BCUT2D eigenvalue weighted by atomic mass is 10.2. The van der Waals surface area contributed by atoms with Gasteiger partial charge in [-0.3, -0.25) is 0 Å². The Bertz CT molecular complexity index is 502. The molecular formula is C13H12ClNO2. The monoisotopic (exact) mass is 249 g/mol. The van der Waals surface area contributed by atoms with Gasteiger partial charge in [-0.25, -0.2) is 0 Å². The zero-order chi connectivity index (χ0) is 12.3. The summed E-state index contributed by atoms with van der Waals surface area (Å²) in [7, 11) is 0. The Balaban J connectivity index is 2.16. The van der Waals surface area contributed by atoms with Crippen LogP contribution in [0.4, 0.5) is 5.69 Å². The molecular weight excluding hydrogens is 238 g/mol. The number of rotatable bonds is 3. The largest absolute Gasteiger partial charge is 0.506 e. The Kier molecular flexibility index (Phi) is 3.52. The number of hydrogen-bond donors (Lipinski definition) is 3. The van der Waals surface area contributed by atoms with E-state index < -0.39 is 6.23 Å². The fraction of sp³-hybridized carbons (Fsp3) is 0.0769. The quantitative estimate of drug-likeness (QED) is 0.579. The molecule has 1 unspecified atom stereocenters. The predicted octanol–water partition coefficient (Wildman–Crippen LogP) is 3.15.